The molecule has 1 aliphatic rings. The summed E-state index contributed by atoms with van der Waals surface area (Å²) in [6.45, 7) is 0. The molecule has 0 aliphatic heterocycles. The highest BCUT2D eigenvalue weighted by Crippen LogP contribution is 2.43. The molecule has 1 aliphatic carbocycles. The van der Waals surface area contributed by atoms with Gasteiger partial charge in [0, 0.05) is 12.2 Å². The number of rotatable bonds is 3. The van der Waals surface area contributed by atoms with Gasteiger partial charge >= 0.3 is 0 Å². The number of nitrogens with two attached hydrogens (primary N) is 1. The van der Waals surface area contributed by atoms with Crippen LogP contribution in [0.15, 0.2) is 36.8 Å². The van der Waals surface area contributed by atoms with Gasteiger partial charge in [-0.2, -0.15) is 0 Å². The van der Waals surface area contributed by atoms with Crippen molar-refractivity contribution < 1.29 is 5.11 Å². The van der Waals surface area contributed by atoms with Crippen LogP contribution in [0, 0.1) is 5.92 Å². The smallest absolute Gasteiger partial charge is 0.145 e. The summed E-state index contributed by atoms with van der Waals surface area (Å²) in [5.41, 5.74) is 7.58. The Kier molecular flexibility index (Phi) is 4.31. The van der Waals surface area contributed by atoms with Crippen LogP contribution >= 0.6 is 23.2 Å². The molecule has 7 heteroatoms. The van der Waals surface area contributed by atoms with Crippen LogP contribution in [0.5, 0.6) is 0 Å². The maximum absolute atomic E-state index is 10.8. The van der Waals surface area contributed by atoms with E-state index in [1.807, 2.05) is 18.3 Å². The van der Waals surface area contributed by atoms with Crippen LogP contribution in [0.4, 0.5) is 5.82 Å². The van der Waals surface area contributed by atoms with E-state index in [4.69, 9.17) is 28.9 Å². The monoisotopic (exact) mass is 376 g/mol. The van der Waals surface area contributed by atoms with Gasteiger partial charge in [0.1, 0.15) is 17.8 Å². The summed E-state index contributed by atoms with van der Waals surface area (Å²) in [6, 6.07) is 7.56. The number of nitrogen functional groups attached to an aromatic ring is 1. The number of hydrogen-bond acceptors (Lipinski definition) is 4. The van der Waals surface area contributed by atoms with Crippen LogP contribution in [-0.2, 0) is 0 Å². The molecule has 130 valence electrons. The fraction of sp³-hybridized carbons (Fsp3) is 0.333. The first-order valence-electron chi connectivity index (χ1n) is 8.24. The Morgan fingerprint density at radius 1 is 1.16 bits per heavy atom. The van der Waals surface area contributed by atoms with Gasteiger partial charge in [-0.1, -0.05) is 29.3 Å². The second kappa shape index (κ2) is 6.48. The van der Waals surface area contributed by atoms with Crippen LogP contribution in [0.25, 0.3) is 11.0 Å². The number of fused-ring (bicyclic) bond motifs is 1. The van der Waals surface area contributed by atoms with Crippen molar-refractivity contribution in [1.29, 1.82) is 0 Å². The molecule has 0 saturated heterocycles. The molecule has 0 radical (unpaired) electrons. The van der Waals surface area contributed by atoms with Gasteiger partial charge in [0.05, 0.1) is 21.5 Å². The standard InChI is InChI=1S/C18H18Cl2N4O/c19-14-4-2-11(8-15(14)20)16(25)10-1-3-12(7-10)24-6-5-13-17(21)22-9-23-18(13)24/h2,4-6,8-10,12,16,25H,1,3,7H2,(H2,21,22,23). The second-order valence-electron chi connectivity index (χ2n) is 6.56. The minimum Gasteiger partial charge on any atom is -0.388 e. The molecule has 2 heterocycles. The summed E-state index contributed by atoms with van der Waals surface area (Å²) in [5, 5.41) is 12.6. The maximum atomic E-state index is 10.8. The van der Waals surface area contributed by atoms with Crippen molar-refractivity contribution in [2.75, 3.05) is 5.73 Å². The van der Waals surface area contributed by atoms with E-state index in [0.29, 0.717) is 15.9 Å². The summed E-state index contributed by atoms with van der Waals surface area (Å²) in [7, 11) is 0. The number of halogens is 2. The molecule has 4 rings (SSSR count). The first kappa shape index (κ1) is 16.6. The van der Waals surface area contributed by atoms with E-state index in [0.717, 1.165) is 35.9 Å². The minimum atomic E-state index is -0.554. The van der Waals surface area contributed by atoms with Crippen molar-refractivity contribution in [3.05, 3.63) is 52.4 Å². The fourth-order valence-electron chi connectivity index (χ4n) is 3.78. The van der Waals surface area contributed by atoms with Gasteiger partial charge in [-0.25, -0.2) is 9.97 Å². The molecule has 3 unspecified atom stereocenters. The summed E-state index contributed by atoms with van der Waals surface area (Å²) in [6.07, 6.45) is 5.73. The summed E-state index contributed by atoms with van der Waals surface area (Å²) in [5.74, 6) is 0.660. The number of hydrogen-bond donors (Lipinski definition) is 2. The van der Waals surface area contributed by atoms with Crippen molar-refractivity contribution in [3.63, 3.8) is 0 Å². The zero-order valence-corrected chi connectivity index (χ0v) is 15.0. The SMILES string of the molecule is Nc1ncnc2c1ccn2C1CCC(C(O)c2ccc(Cl)c(Cl)c2)C1. The predicted molar refractivity (Wildman–Crippen MR) is 99.7 cm³/mol. The lowest BCUT2D eigenvalue weighted by Gasteiger charge is -2.20. The number of aromatic nitrogens is 3. The van der Waals surface area contributed by atoms with Crippen LogP contribution in [0.3, 0.4) is 0 Å². The molecule has 1 saturated carbocycles. The summed E-state index contributed by atoms with van der Waals surface area (Å²) >= 11 is 12.0. The quantitative estimate of drug-likeness (QED) is 0.710. The van der Waals surface area contributed by atoms with Gasteiger partial charge in [-0.05, 0) is 48.9 Å². The molecular weight excluding hydrogens is 359 g/mol. The van der Waals surface area contributed by atoms with Crippen molar-refractivity contribution in [2.45, 2.75) is 31.4 Å². The van der Waals surface area contributed by atoms with E-state index in [1.54, 1.807) is 12.1 Å². The van der Waals surface area contributed by atoms with Gasteiger partial charge in [-0.15, -0.1) is 0 Å². The molecule has 3 aromatic rings. The van der Waals surface area contributed by atoms with E-state index < -0.39 is 6.10 Å². The molecule has 0 spiro atoms. The molecule has 5 nitrogen and oxygen atoms in total. The third-order valence-electron chi connectivity index (χ3n) is 5.11. The lowest BCUT2D eigenvalue weighted by Crippen LogP contribution is -2.11. The number of aliphatic hydroxyl groups is 1. The van der Waals surface area contributed by atoms with Crippen molar-refractivity contribution in [2.24, 2.45) is 5.92 Å². The number of anilines is 1. The highest BCUT2D eigenvalue weighted by atomic mass is 35.5. The number of aliphatic hydroxyl groups excluding tert-OH is 1. The average Bonchev–Trinajstić information content (AvgIpc) is 3.24. The van der Waals surface area contributed by atoms with Crippen molar-refractivity contribution in [1.82, 2.24) is 14.5 Å². The van der Waals surface area contributed by atoms with E-state index in [1.165, 1.54) is 6.33 Å². The van der Waals surface area contributed by atoms with Gasteiger partial charge in [0.15, 0.2) is 0 Å². The summed E-state index contributed by atoms with van der Waals surface area (Å²) in [4.78, 5) is 8.41. The van der Waals surface area contributed by atoms with Crippen LogP contribution in [0.1, 0.15) is 37.0 Å². The van der Waals surface area contributed by atoms with Crippen molar-refractivity contribution in [3.8, 4) is 0 Å². The fourth-order valence-corrected chi connectivity index (χ4v) is 4.09. The Balaban J connectivity index is 1.56. The molecular formula is C18H18Cl2N4O. The highest BCUT2D eigenvalue weighted by molar-refractivity contribution is 6.42. The van der Waals surface area contributed by atoms with Gasteiger partial charge in [0.25, 0.3) is 0 Å². The number of benzene rings is 1. The normalized spacial score (nSPS) is 21.7. The first-order valence-corrected chi connectivity index (χ1v) is 9.00. The molecule has 25 heavy (non-hydrogen) atoms. The van der Waals surface area contributed by atoms with Gasteiger partial charge in [0.2, 0.25) is 0 Å². The minimum absolute atomic E-state index is 0.166. The Bertz CT molecular complexity index is 927. The highest BCUT2D eigenvalue weighted by Gasteiger charge is 2.32. The molecule has 1 aromatic carbocycles. The number of nitrogens with zero attached hydrogens (tertiary/aromatic N) is 3. The van der Waals surface area contributed by atoms with E-state index in [9.17, 15) is 5.11 Å². The van der Waals surface area contributed by atoms with Crippen LogP contribution in [0.2, 0.25) is 10.0 Å². The first-order chi connectivity index (χ1) is 12.0. The van der Waals surface area contributed by atoms with Crippen molar-refractivity contribution >= 4 is 40.1 Å². The molecule has 0 bridgehead atoms. The lowest BCUT2D eigenvalue weighted by molar-refractivity contribution is 0.109. The molecule has 3 atom stereocenters. The third kappa shape index (κ3) is 2.97. The zero-order valence-electron chi connectivity index (χ0n) is 13.4. The third-order valence-corrected chi connectivity index (χ3v) is 5.85. The van der Waals surface area contributed by atoms with Gasteiger partial charge < -0.3 is 15.4 Å². The predicted octanol–water partition coefficient (Wildman–Crippen LogP) is 4.40. The molecule has 1 fully saturated rings. The molecule has 3 N–H and O–H groups in total. The van der Waals surface area contributed by atoms with Gasteiger partial charge in [-0.3, -0.25) is 0 Å². The summed E-state index contributed by atoms with van der Waals surface area (Å²) < 4.78 is 2.15. The topological polar surface area (TPSA) is 77.0 Å². The Morgan fingerprint density at radius 2 is 2.00 bits per heavy atom. The lowest BCUT2D eigenvalue weighted by atomic mass is 9.94. The second-order valence-corrected chi connectivity index (χ2v) is 7.38. The largest absolute Gasteiger partial charge is 0.388 e. The van der Waals surface area contributed by atoms with E-state index >= 15 is 0 Å². The zero-order chi connectivity index (χ0) is 17.6. The Hall–Kier alpha value is -1.82. The molecule has 2 aromatic heterocycles. The van der Waals surface area contributed by atoms with E-state index in [2.05, 4.69) is 14.5 Å². The maximum Gasteiger partial charge on any atom is 0.145 e. The van der Waals surface area contributed by atoms with Crippen LogP contribution in [-0.4, -0.2) is 19.6 Å². The van der Waals surface area contributed by atoms with E-state index in [-0.39, 0.29) is 12.0 Å². The average molecular weight is 377 g/mol. The Labute approximate surface area is 155 Å². The van der Waals surface area contributed by atoms with Crippen LogP contribution < -0.4 is 5.73 Å². The molecule has 0 amide bonds. The Morgan fingerprint density at radius 3 is 2.80 bits per heavy atom.